The van der Waals surface area contributed by atoms with Crippen LogP contribution in [0.3, 0.4) is 0 Å². The maximum absolute atomic E-state index is 5.39. The van der Waals surface area contributed by atoms with E-state index >= 15 is 0 Å². The zero-order valence-corrected chi connectivity index (χ0v) is 15.4. The molecule has 0 unspecified atom stereocenters. The Balaban J connectivity index is 1.78. The molecule has 0 bridgehead atoms. The van der Waals surface area contributed by atoms with Gasteiger partial charge in [0.2, 0.25) is 0 Å². The Morgan fingerprint density at radius 2 is 1.56 bits per heavy atom. The molecule has 2 aromatic heterocycles. The van der Waals surface area contributed by atoms with Gasteiger partial charge < -0.3 is 9.09 Å². The topological polar surface area (TPSA) is 31.0 Å². The fourth-order valence-corrected chi connectivity index (χ4v) is 4.04. The average Bonchev–Trinajstić information content (AvgIpc) is 3.20. The highest BCUT2D eigenvalue weighted by Crippen LogP contribution is 2.34. The van der Waals surface area contributed by atoms with Crippen molar-refractivity contribution in [3.05, 3.63) is 89.8 Å². The van der Waals surface area contributed by atoms with Crippen molar-refractivity contribution in [1.29, 1.82) is 0 Å². The van der Waals surface area contributed by atoms with Crippen molar-refractivity contribution in [2.75, 3.05) is 0 Å². The van der Waals surface area contributed by atoms with Crippen molar-refractivity contribution in [2.24, 2.45) is 0 Å². The minimum Gasteiger partial charge on any atom is -0.361 e. The van der Waals surface area contributed by atoms with E-state index < -0.39 is 0 Å². The lowest BCUT2D eigenvalue weighted by atomic mass is 10.0. The third kappa shape index (κ3) is 2.55. The van der Waals surface area contributed by atoms with Crippen LogP contribution in [0.4, 0.5) is 0 Å². The molecule has 27 heavy (non-hydrogen) atoms. The third-order valence-corrected chi connectivity index (χ3v) is 5.28. The molecule has 0 aliphatic heterocycles. The summed E-state index contributed by atoms with van der Waals surface area (Å²) in [4.78, 5) is 0. The summed E-state index contributed by atoms with van der Waals surface area (Å²) in [5, 5.41) is 6.68. The van der Waals surface area contributed by atoms with Crippen LogP contribution in [0, 0.1) is 13.8 Å². The van der Waals surface area contributed by atoms with E-state index in [4.69, 9.17) is 4.52 Å². The van der Waals surface area contributed by atoms with Gasteiger partial charge in [-0.25, -0.2) is 0 Å². The van der Waals surface area contributed by atoms with E-state index in [0.29, 0.717) is 0 Å². The summed E-state index contributed by atoms with van der Waals surface area (Å²) in [6.07, 6.45) is 0. The second kappa shape index (κ2) is 6.13. The zero-order chi connectivity index (χ0) is 18.4. The Bertz CT molecular complexity index is 1240. The number of fused-ring (bicyclic) bond motifs is 3. The number of aryl methyl sites for hydroxylation is 2. The van der Waals surface area contributed by atoms with Crippen molar-refractivity contribution < 1.29 is 4.52 Å². The Hall–Kier alpha value is -3.33. The van der Waals surface area contributed by atoms with Crippen LogP contribution in [-0.4, -0.2) is 9.72 Å². The first-order chi connectivity index (χ1) is 13.2. The Morgan fingerprint density at radius 3 is 2.33 bits per heavy atom. The molecular formula is C24H20N2O. The van der Waals surface area contributed by atoms with Crippen LogP contribution in [0.1, 0.15) is 17.0 Å². The normalized spacial score (nSPS) is 11.5. The van der Waals surface area contributed by atoms with Gasteiger partial charge in [0, 0.05) is 28.4 Å². The summed E-state index contributed by atoms with van der Waals surface area (Å²) in [5.74, 6) is 0.859. The molecule has 0 spiro atoms. The van der Waals surface area contributed by atoms with Crippen LogP contribution in [0.25, 0.3) is 32.9 Å². The quantitative estimate of drug-likeness (QED) is 0.392. The van der Waals surface area contributed by atoms with Gasteiger partial charge in [0.25, 0.3) is 0 Å². The number of para-hydroxylation sites is 1. The molecule has 0 saturated heterocycles. The zero-order valence-electron chi connectivity index (χ0n) is 15.4. The Kier molecular flexibility index (Phi) is 3.61. The van der Waals surface area contributed by atoms with Crippen LogP contribution in [0.15, 0.2) is 77.3 Å². The van der Waals surface area contributed by atoms with Crippen LogP contribution >= 0.6 is 0 Å². The van der Waals surface area contributed by atoms with E-state index in [2.05, 4.69) is 82.5 Å². The molecule has 0 N–H and O–H groups in total. The number of hydrogen-bond acceptors (Lipinski definition) is 2. The first kappa shape index (κ1) is 15.9. The van der Waals surface area contributed by atoms with Gasteiger partial charge in [0.15, 0.2) is 0 Å². The van der Waals surface area contributed by atoms with E-state index in [0.717, 1.165) is 29.1 Å². The predicted octanol–water partition coefficient (Wildman–Crippen LogP) is 6.11. The molecule has 0 atom stereocenters. The van der Waals surface area contributed by atoms with Gasteiger partial charge in [-0.05, 0) is 37.1 Å². The molecule has 5 aromatic rings. The predicted molar refractivity (Wildman–Crippen MR) is 110 cm³/mol. The van der Waals surface area contributed by atoms with Crippen molar-refractivity contribution >= 4 is 21.8 Å². The van der Waals surface area contributed by atoms with E-state index in [1.807, 2.05) is 13.8 Å². The van der Waals surface area contributed by atoms with Crippen LogP contribution in [0.2, 0.25) is 0 Å². The molecule has 0 saturated carbocycles. The maximum atomic E-state index is 5.39. The molecule has 5 rings (SSSR count). The Morgan fingerprint density at radius 1 is 0.815 bits per heavy atom. The minimum absolute atomic E-state index is 0.843. The number of rotatable bonds is 3. The van der Waals surface area contributed by atoms with Gasteiger partial charge in [-0.15, -0.1) is 0 Å². The SMILES string of the molecule is Cc1noc(C)c1-c1ccc2c3ccccc3n(Cc3ccccc3)c2c1. The number of benzene rings is 3. The molecule has 0 radical (unpaired) electrons. The van der Waals surface area contributed by atoms with Crippen molar-refractivity contribution in [3.63, 3.8) is 0 Å². The highest BCUT2D eigenvalue weighted by atomic mass is 16.5. The molecule has 3 nitrogen and oxygen atoms in total. The molecule has 0 amide bonds. The second-order valence-corrected chi connectivity index (χ2v) is 7.02. The lowest BCUT2D eigenvalue weighted by Crippen LogP contribution is -1.99. The fourth-order valence-electron chi connectivity index (χ4n) is 4.04. The van der Waals surface area contributed by atoms with Crippen molar-refractivity contribution in [2.45, 2.75) is 20.4 Å². The number of nitrogens with zero attached hydrogens (tertiary/aromatic N) is 2. The Labute approximate surface area is 157 Å². The van der Waals surface area contributed by atoms with E-state index in [9.17, 15) is 0 Å². The summed E-state index contributed by atoms with van der Waals surface area (Å²) in [6, 6.07) is 25.9. The summed E-state index contributed by atoms with van der Waals surface area (Å²) >= 11 is 0. The van der Waals surface area contributed by atoms with E-state index in [1.165, 1.54) is 27.4 Å². The van der Waals surface area contributed by atoms with Crippen LogP contribution < -0.4 is 0 Å². The fraction of sp³-hybridized carbons (Fsp3) is 0.125. The molecule has 3 heteroatoms. The molecule has 0 aliphatic rings. The lowest BCUT2D eigenvalue weighted by molar-refractivity contribution is 0.393. The van der Waals surface area contributed by atoms with E-state index in [1.54, 1.807) is 0 Å². The largest absolute Gasteiger partial charge is 0.361 e. The second-order valence-electron chi connectivity index (χ2n) is 7.02. The molecule has 0 fully saturated rings. The smallest absolute Gasteiger partial charge is 0.141 e. The first-order valence-corrected chi connectivity index (χ1v) is 9.20. The van der Waals surface area contributed by atoms with Gasteiger partial charge in [-0.2, -0.15) is 0 Å². The summed E-state index contributed by atoms with van der Waals surface area (Å²) in [7, 11) is 0. The molecular weight excluding hydrogens is 332 g/mol. The van der Waals surface area contributed by atoms with Gasteiger partial charge in [-0.3, -0.25) is 0 Å². The average molecular weight is 352 g/mol. The molecule has 0 aliphatic carbocycles. The first-order valence-electron chi connectivity index (χ1n) is 9.20. The third-order valence-electron chi connectivity index (χ3n) is 5.28. The summed E-state index contributed by atoms with van der Waals surface area (Å²) in [6.45, 7) is 4.81. The monoisotopic (exact) mass is 352 g/mol. The number of hydrogen-bond donors (Lipinski definition) is 0. The van der Waals surface area contributed by atoms with Gasteiger partial charge in [0.1, 0.15) is 5.76 Å². The summed E-state index contributed by atoms with van der Waals surface area (Å²) in [5.41, 5.74) is 6.95. The standard InChI is InChI=1S/C24H20N2O/c1-16-24(17(2)27-25-16)19-12-13-21-20-10-6-7-11-22(20)26(23(21)14-19)15-18-8-4-3-5-9-18/h3-14H,15H2,1-2H3. The lowest BCUT2D eigenvalue weighted by Gasteiger charge is -2.09. The van der Waals surface area contributed by atoms with Crippen LogP contribution in [0.5, 0.6) is 0 Å². The molecule has 132 valence electrons. The van der Waals surface area contributed by atoms with Gasteiger partial charge in [-0.1, -0.05) is 65.8 Å². The maximum Gasteiger partial charge on any atom is 0.141 e. The highest BCUT2D eigenvalue weighted by Gasteiger charge is 2.15. The molecule has 2 heterocycles. The molecule has 3 aromatic carbocycles. The highest BCUT2D eigenvalue weighted by molar-refractivity contribution is 6.09. The number of aromatic nitrogens is 2. The minimum atomic E-state index is 0.843. The van der Waals surface area contributed by atoms with Crippen molar-refractivity contribution in [1.82, 2.24) is 9.72 Å². The van der Waals surface area contributed by atoms with Crippen molar-refractivity contribution in [3.8, 4) is 11.1 Å². The van der Waals surface area contributed by atoms with Gasteiger partial charge >= 0.3 is 0 Å². The summed E-state index contributed by atoms with van der Waals surface area (Å²) < 4.78 is 7.79. The van der Waals surface area contributed by atoms with Crippen LogP contribution in [-0.2, 0) is 6.54 Å². The van der Waals surface area contributed by atoms with Gasteiger partial charge in [0.05, 0.1) is 11.2 Å². The van der Waals surface area contributed by atoms with E-state index in [-0.39, 0.29) is 0 Å².